The molecule has 3 heterocycles. The van der Waals surface area contributed by atoms with E-state index in [2.05, 4.69) is 14.9 Å². The summed E-state index contributed by atoms with van der Waals surface area (Å²) in [5.74, 6) is 1.94. The Kier molecular flexibility index (Phi) is 5.70. The molecule has 1 aliphatic rings. The van der Waals surface area contributed by atoms with E-state index in [-0.39, 0.29) is 0 Å². The van der Waals surface area contributed by atoms with E-state index in [1.54, 1.807) is 11.8 Å². The summed E-state index contributed by atoms with van der Waals surface area (Å²) >= 11 is 1.56. The van der Waals surface area contributed by atoms with Crippen LogP contribution in [0.25, 0.3) is 0 Å². The number of aryl methyl sites for hydroxylation is 1. The van der Waals surface area contributed by atoms with Gasteiger partial charge in [0.1, 0.15) is 11.5 Å². The molecule has 6 heteroatoms. The molecular formula is C17H23N3O2S. The molecule has 0 N–H and O–H groups in total. The number of hydrogen-bond donors (Lipinski definition) is 0. The van der Waals surface area contributed by atoms with Crippen molar-refractivity contribution in [3.63, 3.8) is 0 Å². The summed E-state index contributed by atoms with van der Waals surface area (Å²) in [6.07, 6.45) is 8.42. The normalized spacial score (nSPS) is 18.0. The van der Waals surface area contributed by atoms with E-state index < -0.39 is 0 Å². The van der Waals surface area contributed by atoms with Crippen LogP contribution in [0.1, 0.15) is 29.9 Å². The van der Waals surface area contributed by atoms with Crippen LogP contribution in [0, 0.1) is 6.92 Å². The summed E-state index contributed by atoms with van der Waals surface area (Å²) in [7, 11) is 0. The quantitative estimate of drug-likeness (QED) is 0.572. The van der Waals surface area contributed by atoms with Gasteiger partial charge in [-0.3, -0.25) is 4.90 Å². The minimum Gasteiger partial charge on any atom is -0.465 e. The Morgan fingerprint density at radius 2 is 2.09 bits per heavy atom. The highest BCUT2D eigenvalue weighted by Crippen LogP contribution is 2.18. The fourth-order valence-corrected chi connectivity index (χ4v) is 3.16. The highest BCUT2D eigenvalue weighted by atomic mass is 32.2. The van der Waals surface area contributed by atoms with Crippen LogP contribution in [-0.4, -0.2) is 40.4 Å². The number of aromatic nitrogens is 2. The second-order valence-electron chi connectivity index (χ2n) is 5.90. The van der Waals surface area contributed by atoms with Crippen LogP contribution >= 0.6 is 11.8 Å². The van der Waals surface area contributed by atoms with Crippen LogP contribution in [0.2, 0.25) is 0 Å². The highest BCUT2D eigenvalue weighted by molar-refractivity contribution is 7.98. The van der Waals surface area contributed by atoms with Crippen molar-refractivity contribution < 1.29 is 9.15 Å². The third kappa shape index (κ3) is 4.80. The van der Waals surface area contributed by atoms with Gasteiger partial charge in [-0.05, 0) is 38.2 Å². The molecule has 0 amide bonds. The Balaban J connectivity index is 1.67. The van der Waals surface area contributed by atoms with Gasteiger partial charge in [0.05, 0.1) is 12.6 Å². The van der Waals surface area contributed by atoms with Gasteiger partial charge in [-0.2, -0.15) is 0 Å². The van der Waals surface area contributed by atoms with Gasteiger partial charge in [0.15, 0.2) is 5.16 Å². The van der Waals surface area contributed by atoms with E-state index in [1.165, 1.54) is 0 Å². The maximum absolute atomic E-state index is 5.79. The van der Waals surface area contributed by atoms with Gasteiger partial charge in [0.25, 0.3) is 0 Å². The number of nitrogens with zero attached hydrogens (tertiary/aromatic N) is 3. The zero-order chi connectivity index (χ0) is 16.1. The van der Waals surface area contributed by atoms with Gasteiger partial charge in [-0.15, -0.1) is 0 Å². The van der Waals surface area contributed by atoms with Crippen LogP contribution < -0.4 is 0 Å². The number of hydrogen-bond acceptors (Lipinski definition) is 6. The summed E-state index contributed by atoms with van der Waals surface area (Å²) in [4.78, 5) is 11.1. The topological polar surface area (TPSA) is 51.4 Å². The molecule has 23 heavy (non-hydrogen) atoms. The molecule has 1 fully saturated rings. The van der Waals surface area contributed by atoms with Crippen molar-refractivity contribution in [1.82, 2.24) is 14.9 Å². The van der Waals surface area contributed by atoms with Gasteiger partial charge < -0.3 is 9.15 Å². The summed E-state index contributed by atoms with van der Waals surface area (Å²) in [5, 5.41) is 0.807. The number of thioether (sulfide) groups is 1. The van der Waals surface area contributed by atoms with Crippen LogP contribution in [0.15, 0.2) is 34.1 Å². The number of rotatable bonds is 7. The Hall–Kier alpha value is -1.37. The first kappa shape index (κ1) is 16.5. The predicted octanol–water partition coefficient (Wildman–Crippen LogP) is 3.28. The zero-order valence-corrected chi connectivity index (χ0v) is 14.5. The third-order valence-electron chi connectivity index (χ3n) is 3.93. The van der Waals surface area contributed by atoms with Crippen LogP contribution in [0.4, 0.5) is 0 Å². The summed E-state index contributed by atoms with van der Waals surface area (Å²) in [6, 6.07) is 4.06. The Labute approximate surface area is 141 Å². The minimum atomic E-state index is 0.317. The minimum absolute atomic E-state index is 0.317. The van der Waals surface area contributed by atoms with Crippen molar-refractivity contribution in [3.05, 3.63) is 41.6 Å². The molecule has 3 rings (SSSR count). The van der Waals surface area contributed by atoms with Crippen LogP contribution in [-0.2, 0) is 17.8 Å². The molecule has 0 aliphatic carbocycles. The molecule has 0 radical (unpaired) electrons. The number of furan rings is 1. The van der Waals surface area contributed by atoms with E-state index >= 15 is 0 Å². The number of ether oxygens (including phenoxy) is 1. The molecule has 5 nitrogen and oxygen atoms in total. The lowest BCUT2D eigenvalue weighted by Gasteiger charge is -2.24. The van der Waals surface area contributed by atoms with Crippen molar-refractivity contribution in [2.45, 2.75) is 44.1 Å². The van der Waals surface area contributed by atoms with Crippen molar-refractivity contribution in [1.29, 1.82) is 0 Å². The largest absolute Gasteiger partial charge is 0.465 e. The van der Waals surface area contributed by atoms with E-state index in [4.69, 9.17) is 9.15 Å². The van der Waals surface area contributed by atoms with E-state index in [9.17, 15) is 0 Å². The Bertz CT molecular complexity index is 609. The Morgan fingerprint density at radius 1 is 1.26 bits per heavy atom. The maximum Gasteiger partial charge on any atom is 0.187 e. The first-order valence-electron chi connectivity index (χ1n) is 7.97. The predicted molar refractivity (Wildman–Crippen MR) is 90.3 cm³/mol. The molecular weight excluding hydrogens is 310 g/mol. The standard InChI is InChI=1S/C17H23N3O2S/c1-13-5-6-16(22-13)12-20(11-15-4-3-7-21-15)10-14-8-18-17(23-2)19-9-14/h5-6,8-9,15H,3-4,7,10-12H2,1-2H3/t15-/m0/s1. The van der Waals surface area contributed by atoms with Gasteiger partial charge in [0.2, 0.25) is 0 Å². The van der Waals surface area contributed by atoms with Gasteiger partial charge in [-0.1, -0.05) is 11.8 Å². The van der Waals surface area contributed by atoms with Crippen molar-refractivity contribution in [2.24, 2.45) is 0 Å². The van der Waals surface area contributed by atoms with Gasteiger partial charge in [-0.25, -0.2) is 9.97 Å². The molecule has 124 valence electrons. The molecule has 1 saturated heterocycles. The third-order valence-corrected chi connectivity index (χ3v) is 4.51. The second-order valence-corrected chi connectivity index (χ2v) is 6.67. The maximum atomic E-state index is 5.79. The Morgan fingerprint density at radius 3 is 2.70 bits per heavy atom. The molecule has 0 bridgehead atoms. The van der Waals surface area contributed by atoms with E-state index in [0.29, 0.717) is 6.10 Å². The first-order valence-corrected chi connectivity index (χ1v) is 9.19. The lowest BCUT2D eigenvalue weighted by molar-refractivity contribution is 0.0653. The molecule has 2 aromatic rings. The molecule has 1 aliphatic heterocycles. The molecule has 2 aromatic heterocycles. The lowest BCUT2D eigenvalue weighted by Crippen LogP contribution is -2.31. The first-order chi connectivity index (χ1) is 11.2. The van der Waals surface area contributed by atoms with Crippen molar-refractivity contribution >= 4 is 11.8 Å². The van der Waals surface area contributed by atoms with E-state index in [0.717, 1.165) is 61.3 Å². The molecule has 1 atom stereocenters. The van der Waals surface area contributed by atoms with Gasteiger partial charge >= 0.3 is 0 Å². The summed E-state index contributed by atoms with van der Waals surface area (Å²) < 4.78 is 11.5. The highest BCUT2D eigenvalue weighted by Gasteiger charge is 2.20. The second kappa shape index (κ2) is 7.95. The average Bonchev–Trinajstić information content (AvgIpc) is 3.20. The SMILES string of the molecule is CSc1ncc(CN(Cc2ccc(C)o2)C[C@@H]2CCCO2)cn1. The van der Waals surface area contributed by atoms with E-state index in [1.807, 2.05) is 37.7 Å². The molecule has 0 spiro atoms. The summed E-state index contributed by atoms with van der Waals surface area (Å²) in [5.41, 5.74) is 1.11. The lowest BCUT2D eigenvalue weighted by atomic mass is 10.2. The van der Waals surface area contributed by atoms with Crippen molar-refractivity contribution in [2.75, 3.05) is 19.4 Å². The zero-order valence-electron chi connectivity index (χ0n) is 13.7. The smallest absolute Gasteiger partial charge is 0.187 e. The van der Waals surface area contributed by atoms with Crippen LogP contribution in [0.3, 0.4) is 0 Å². The molecule has 0 unspecified atom stereocenters. The fourth-order valence-electron chi connectivity index (χ4n) is 2.84. The van der Waals surface area contributed by atoms with Crippen LogP contribution in [0.5, 0.6) is 0 Å². The molecule has 0 aromatic carbocycles. The monoisotopic (exact) mass is 333 g/mol. The van der Waals surface area contributed by atoms with Gasteiger partial charge in [0, 0.05) is 37.7 Å². The summed E-state index contributed by atoms with van der Waals surface area (Å²) in [6.45, 7) is 5.34. The fraction of sp³-hybridized carbons (Fsp3) is 0.529. The molecule has 0 saturated carbocycles. The van der Waals surface area contributed by atoms with Crippen molar-refractivity contribution in [3.8, 4) is 0 Å². The average molecular weight is 333 g/mol.